The van der Waals surface area contributed by atoms with E-state index in [1.165, 1.54) is 5.56 Å². The predicted molar refractivity (Wildman–Crippen MR) is 129 cm³/mol. The molecule has 7 heteroatoms. The molecule has 1 aromatic heterocycles. The van der Waals surface area contributed by atoms with Gasteiger partial charge < -0.3 is 19.9 Å². The summed E-state index contributed by atoms with van der Waals surface area (Å²) in [5, 5.41) is 10.7. The summed E-state index contributed by atoms with van der Waals surface area (Å²) in [7, 11) is 0. The van der Waals surface area contributed by atoms with Crippen LogP contribution in [-0.2, 0) is 4.74 Å². The molecule has 2 atom stereocenters. The van der Waals surface area contributed by atoms with Gasteiger partial charge in [0.15, 0.2) is 5.96 Å². The third kappa shape index (κ3) is 8.34. The van der Waals surface area contributed by atoms with E-state index in [0.29, 0.717) is 13.2 Å². The second-order valence-corrected chi connectivity index (χ2v) is 7.06. The van der Waals surface area contributed by atoms with E-state index >= 15 is 0 Å². The summed E-state index contributed by atoms with van der Waals surface area (Å²) < 4.78 is 11.2. The molecule has 0 aliphatic carbocycles. The van der Waals surface area contributed by atoms with Crippen molar-refractivity contribution in [1.82, 2.24) is 15.8 Å². The van der Waals surface area contributed by atoms with Crippen molar-refractivity contribution in [2.45, 2.75) is 53.1 Å². The summed E-state index contributed by atoms with van der Waals surface area (Å²) in [6, 6.07) is 10.3. The molecule has 0 saturated heterocycles. The fraction of sp³-hybridized carbons (Fsp3) is 0.545. The van der Waals surface area contributed by atoms with Gasteiger partial charge in [-0.3, -0.25) is 4.99 Å². The molecule has 0 bridgehead atoms. The molecular weight excluding hydrogens is 479 g/mol. The van der Waals surface area contributed by atoms with Crippen LogP contribution in [0.25, 0.3) is 0 Å². The Balaban J connectivity index is 0.00000420. The van der Waals surface area contributed by atoms with Crippen molar-refractivity contribution in [2.24, 2.45) is 4.99 Å². The first kappa shape index (κ1) is 25.4. The molecule has 2 rings (SSSR count). The summed E-state index contributed by atoms with van der Waals surface area (Å²) in [5.41, 5.74) is 3.31. The maximum atomic E-state index is 5.93. The van der Waals surface area contributed by atoms with Gasteiger partial charge in [0.1, 0.15) is 5.76 Å². The Labute approximate surface area is 191 Å². The highest BCUT2D eigenvalue weighted by molar-refractivity contribution is 14.0. The lowest BCUT2D eigenvalue weighted by Crippen LogP contribution is -2.38. The van der Waals surface area contributed by atoms with Crippen molar-refractivity contribution in [2.75, 3.05) is 26.2 Å². The van der Waals surface area contributed by atoms with E-state index in [-0.39, 0.29) is 36.0 Å². The molecule has 162 valence electrons. The smallest absolute Gasteiger partial charge is 0.191 e. The number of benzene rings is 1. The van der Waals surface area contributed by atoms with Crippen LogP contribution in [0.15, 0.2) is 39.8 Å². The fourth-order valence-corrected chi connectivity index (χ4v) is 3.21. The Bertz CT molecular complexity index is 714. The molecule has 0 fully saturated rings. The maximum Gasteiger partial charge on any atom is 0.191 e. The first-order valence-corrected chi connectivity index (χ1v) is 10.1. The summed E-state index contributed by atoms with van der Waals surface area (Å²) in [4.78, 5) is 4.72. The number of halogens is 1. The van der Waals surface area contributed by atoms with Gasteiger partial charge in [-0.1, -0.05) is 42.4 Å². The zero-order valence-corrected chi connectivity index (χ0v) is 20.5. The minimum atomic E-state index is 0. The Morgan fingerprint density at radius 3 is 2.52 bits per heavy atom. The lowest BCUT2D eigenvalue weighted by molar-refractivity contribution is 0.0646. The average Bonchev–Trinajstić information content (AvgIpc) is 3.04. The molecule has 29 heavy (non-hydrogen) atoms. The first-order chi connectivity index (χ1) is 13.5. The van der Waals surface area contributed by atoms with Gasteiger partial charge in [0.25, 0.3) is 0 Å². The molecular formula is C22H35IN4O2. The van der Waals surface area contributed by atoms with Crippen LogP contribution in [0.2, 0.25) is 0 Å². The largest absolute Gasteiger partial charge is 0.374 e. The molecule has 0 spiro atoms. The van der Waals surface area contributed by atoms with E-state index in [1.54, 1.807) is 0 Å². The van der Waals surface area contributed by atoms with Crippen LogP contribution in [0.3, 0.4) is 0 Å². The van der Waals surface area contributed by atoms with E-state index in [2.05, 4.69) is 48.7 Å². The van der Waals surface area contributed by atoms with Crippen LogP contribution in [0.5, 0.6) is 0 Å². The van der Waals surface area contributed by atoms with E-state index in [1.807, 2.05) is 32.0 Å². The molecule has 2 aromatic rings. The number of aryl methyl sites for hydroxylation is 2. The Hall–Kier alpha value is -1.61. The average molecular weight is 514 g/mol. The number of ether oxygens (including phenoxy) is 1. The Morgan fingerprint density at radius 2 is 1.90 bits per heavy atom. The fourth-order valence-electron chi connectivity index (χ4n) is 3.21. The molecule has 1 heterocycles. The Morgan fingerprint density at radius 1 is 1.17 bits per heavy atom. The lowest BCUT2D eigenvalue weighted by atomic mass is 10.00. The molecule has 0 aliphatic heterocycles. The molecule has 1 aromatic carbocycles. The number of nitrogens with zero attached hydrogens (tertiary/aromatic N) is 2. The second-order valence-electron chi connectivity index (χ2n) is 7.06. The minimum absolute atomic E-state index is 0. The number of aliphatic imine (C=N–C) groups is 1. The minimum Gasteiger partial charge on any atom is -0.374 e. The number of aromatic nitrogens is 1. The third-order valence-electron chi connectivity index (χ3n) is 4.70. The highest BCUT2D eigenvalue weighted by Gasteiger charge is 2.16. The van der Waals surface area contributed by atoms with Gasteiger partial charge in [-0.2, -0.15) is 0 Å². The third-order valence-corrected chi connectivity index (χ3v) is 4.70. The SMILES string of the molecule is CCNC(=NCC(C)c1c(C)noc1C)NCCCOC(C)c1ccccc1.I. The molecule has 0 amide bonds. The quantitative estimate of drug-likeness (QED) is 0.208. The zero-order valence-electron chi connectivity index (χ0n) is 18.2. The molecule has 0 aliphatic rings. The van der Waals surface area contributed by atoms with Crippen molar-refractivity contribution in [3.63, 3.8) is 0 Å². The van der Waals surface area contributed by atoms with E-state index in [0.717, 1.165) is 42.5 Å². The van der Waals surface area contributed by atoms with Crippen LogP contribution < -0.4 is 10.6 Å². The first-order valence-electron chi connectivity index (χ1n) is 10.1. The lowest BCUT2D eigenvalue weighted by Gasteiger charge is -2.15. The van der Waals surface area contributed by atoms with E-state index in [4.69, 9.17) is 14.3 Å². The van der Waals surface area contributed by atoms with Crippen molar-refractivity contribution in [1.29, 1.82) is 0 Å². The van der Waals surface area contributed by atoms with Crippen molar-refractivity contribution in [3.05, 3.63) is 52.9 Å². The van der Waals surface area contributed by atoms with Gasteiger partial charge in [-0.05, 0) is 39.7 Å². The van der Waals surface area contributed by atoms with Crippen molar-refractivity contribution in [3.8, 4) is 0 Å². The maximum absolute atomic E-state index is 5.93. The van der Waals surface area contributed by atoms with E-state index in [9.17, 15) is 0 Å². The number of hydrogen-bond donors (Lipinski definition) is 2. The van der Waals surface area contributed by atoms with Crippen LogP contribution in [0.4, 0.5) is 0 Å². The number of nitrogens with one attached hydrogen (secondary N) is 2. The van der Waals surface area contributed by atoms with Crippen LogP contribution in [0.1, 0.15) is 61.8 Å². The van der Waals surface area contributed by atoms with Gasteiger partial charge in [-0.25, -0.2) is 0 Å². The van der Waals surface area contributed by atoms with Crippen molar-refractivity contribution >= 4 is 29.9 Å². The number of hydrogen-bond acceptors (Lipinski definition) is 4. The van der Waals surface area contributed by atoms with E-state index < -0.39 is 0 Å². The summed E-state index contributed by atoms with van der Waals surface area (Å²) in [5.74, 6) is 1.97. The highest BCUT2D eigenvalue weighted by atomic mass is 127. The standard InChI is InChI=1S/C22H34N4O2.HI/c1-6-23-22(25-15-16(2)21-17(3)26-28-19(21)5)24-13-10-14-27-18(4)20-11-8-7-9-12-20;/h7-9,11-12,16,18H,6,10,13-15H2,1-5H3,(H2,23,24,25);1H. The van der Waals surface area contributed by atoms with Gasteiger partial charge in [-0.15, -0.1) is 24.0 Å². The molecule has 0 radical (unpaired) electrons. The van der Waals surface area contributed by atoms with Crippen LogP contribution in [-0.4, -0.2) is 37.4 Å². The summed E-state index contributed by atoms with van der Waals surface area (Å²) in [6.45, 7) is 13.3. The summed E-state index contributed by atoms with van der Waals surface area (Å²) >= 11 is 0. The molecule has 0 saturated carbocycles. The van der Waals surface area contributed by atoms with Gasteiger partial charge in [0.2, 0.25) is 0 Å². The summed E-state index contributed by atoms with van der Waals surface area (Å²) in [6.07, 6.45) is 1.03. The van der Waals surface area contributed by atoms with Crippen LogP contribution in [0, 0.1) is 13.8 Å². The highest BCUT2D eigenvalue weighted by Crippen LogP contribution is 2.23. The second kappa shape index (κ2) is 13.6. The van der Waals surface area contributed by atoms with Gasteiger partial charge in [0, 0.05) is 37.7 Å². The molecule has 2 unspecified atom stereocenters. The van der Waals surface area contributed by atoms with Gasteiger partial charge >= 0.3 is 0 Å². The Kier molecular flexibility index (Phi) is 11.9. The zero-order chi connectivity index (χ0) is 20.4. The topological polar surface area (TPSA) is 71.7 Å². The molecule has 6 nitrogen and oxygen atoms in total. The predicted octanol–water partition coefficient (Wildman–Crippen LogP) is 4.74. The number of guanidine groups is 1. The normalized spacial score (nSPS) is 13.5. The monoisotopic (exact) mass is 514 g/mol. The number of rotatable bonds is 10. The van der Waals surface area contributed by atoms with Crippen molar-refractivity contribution < 1.29 is 9.26 Å². The van der Waals surface area contributed by atoms with Crippen LogP contribution >= 0.6 is 24.0 Å². The van der Waals surface area contributed by atoms with Gasteiger partial charge in [0.05, 0.1) is 11.8 Å². The molecule has 2 N–H and O–H groups in total.